The molecule has 0 fully saturated rings. The molecule has 1 atom stereocenters. The molecule has 23 heavy (non-hydrogen) atoms. The number of nitrogens with one attached hydrogen (secondary N) is 2. The van der Waals surface area contributed by atoms with Gasteiger partial charge in [0.2, 0.25) is 0 Å². The van der Waals surface area contributed by atoms with Crippen LogP contribution >= 0.6 is 0 Å². The molecule has 0 saturated heterocycles. The zero-order valence-corrected chi connectivity index (χ0v) is 13.3. The molecule has 0 spiro atoms. The summed E-state index contributed by atoms with van der Waals surface area (Å²) in [6.07, 6.45) is 1.02. The van der Waals surface area contributed by atoms with E-state index in [1.807, 2.05) is 0 Å². The van der Waals surface area contributed by atoms with Gasteiger partial charge < -0.3 is 10.2 Å². The lowest BCUT2D eigenvalue weighted by Gasteiger charge is -2.25. The molecule has 0 aliphatic carbocycles. The monoisotopic (exact) mass is 309 g/mol. The molecule has 2 N–H and O–H groups in total. The van der Waals surface area contributed by atoms with Crippen LogP contribution in [-0.2, 0) is 17.8 Å². The van der Waals surface area contributed by atoms with Crippen molar-refractivity contribution in [1.82, 2.24) is 0 Å². The predicted molar refractivity (Wildman–Crippen MR) is 89.6 cm³/mol. The molecule has 1 amide bonds. The molecule has 0 aromatic heterocycles. The number of benzene rings is 2. The summed E-state index contributed by atoms with van der Waals surface area (Å²) in [7, 11) is 0. The van der Waals surface area contributed by atoms with Gasteiger partial charge in [0, 0.05) is 23.2 Å². The van der Waals surface area contributed by atoms with Gasteiger partial charge in [-0.25, -0.2) is 0 Å². The van der Waals surface area contributed by atoms with Crippen LogP contribution in [-0.4, -0.2) is 24.8 Å². The summed E-state index contributed by atoms with van der Waals surface area (Å²) in [5.41, 5.74) is 4.13. The van der Waals surface area contributed by atoms with Gasteiger partial charge in [-0.15, -0.1) is 0 Å². The number of carbonyl (C=O) groups excluding carboxylic acids is 2. The summed E-state index contributed by atoms with van der Waals surface area (Å²) in [4.78, 5) is 24.7. The third-order valence-electron chi connectivity index (χ3n) is 4.29. The largest absolute Gasteiger partial charge is 0.323 e. The van der Waals surface area contributed by atoms with E-state index in [1.165, 1.54) is 23.0 Å². The topological polar surface area (TPSA) is 50.6 Å². The smallest absolute Gasteiger partial charge is 0.279 e. The summed E-state index contributed by atoms with van der Waals surface area (Å²) < 4.78 is 0. The Morgan fingerprint density at radius 3 is 2.43 bits per heavy atom. The highest BCUT2D eigenvalue weighted by molar-refractivity contribution is 5.95. The molecule has 1 aliphatic rings. The second kappa shape index (κ2) is 6.75. The van der Waals surface area contributed by atoms with Crippen molar-refractivity contribution < 1.29 is 14.5 Å². The van der Waals surface area contributed by atoms with Crippen molar-refractivity contribution >= 4 is 17.4 Å². The standard InChI is InChI=1S/C19H20N2O2/c1-14(22)15-6-8-18(9-7-15)20-19(23)13-21-11-10-16-4-2-3-5-17(16)12-21/h2-9H,10-13H2,1H3,(H,20,23)/p+1. The Morgan fingerprint density at radius 1 is 1.04 bits per heavy atom. The molecule has 1 aliphatic heterocycles. The maximum atomic E-state index is 12.2. The summed E-state index contributed by atoms with van der Waals surface area (Å²) in [6, 6.07) is 15.5. The summed E-state index contributed by atoms with van der Waals surface area (Å²) >= 11 is 0. The number of Topliss-reactive ketones (excluding diaryl/α,β-unsaturated/α-hetero) is 1. The molecule has 2 aromatic carbocycles. The van der Waals surface area contributed by atoms with Gasteiger partial charge in [-0.2, -0.15) is 0 Å². The first-order chi connectivity index (χ1) is 11.1. The highest BCUT2D eigenvalue weighted by Gasteiger charge is 2.21. The van der Waals surface area contributed by atoms with E-state index in [0.29, 0.717) is 12.1 Å². The number of fused-ring (bicyclic) bond motifs is 1. The van der Waals surface area contributed by atoms with Gasteiger partial charge >= 0.3 is 0 Å². The van der Waals surface area contributed by atoms with Crippen molar-refractivity contribution in [2.24, 2.45) is 0 Å². The van der Waals surface area contributed by atoms with E-state index in [0.717, 1.165) is 25.2 Å². The van der Waals surface area contributed by atoms with Gasteiger partial charge in [-0.05, 0) is 36.8 Å². The van der Waals surface area contributed by atoms with Gasteiger partial charge in [-0.3, -0.25) is 9.59 Å². The second-order valence-corrected chi connectivity index (χ2v) is 6.05. The Bertz CT molecular complexity index is 722. The Morgan fingerprint density at radius 2 is 1.74 bits per heavy atom. The molecular formula is C19H21N2O2+. The number of anilines is 1. The van der Waals surface area contributed by atoms with Crippen LogP contribution < -0.4 is 10.2 Å². The molecule has 0 saturated carbocycles. The lowest BCUT2D eigenvalue weighted by atomic mass is 10.00. The maximum Gasteiger partial charge on any atom is 0.279 e. The quantitative estimate of drug-likeness (QED) is 0.840. The number of hydrogen-bond acceptors (Lipinski definition) is 2. The van der Waals surface area contributed by atoms with Gasteiger partial charge in [-0.1, -0.05) is 24.3 Å². The normalized spacial score (nSPS) is 16.5. The molecule has 118 valence electrons. The number of carbonyl (C=O) groups is 2. The Kier molecular flexibility index (Phi) is 4.53. The highest BCUT2D eigenvalue weighted by atomic mass is 16.2. The number of quaternary nitrogens is 1. The van der Waals surface area contributed by atoms with Crippen molar-refractivity contribution in [2.75, 3.05) is 18.4 Å². The van der Waals surface area contributed by atoms with E-state index in [2.05, 4.69) is 29.6 Å². The first-order valence-corrected chi connectivity index (χ1v) is 7.93. The lowest BCUT2D eigenvalue weighted by Crippen LogP contribution is -3.12. The van der Waals surface area contributed by atoms with Gasteiger partial charge in [0.15, 0.2) is 12.3 Å². The minimum absolute atomic E-state index is 0.00922. The van der Waals surface area contributed by atoms with Crippen LogP contribution in [0.5, 0.6) is 0 Å². The molecule has 4 heteroatoms. The minimum Gasteiger partial charge on any atom is -0.323 e. The molecule has 4 nitrogen and oxygen atoms in total. The van der Waals surface area contributed by atoms with E-state index in [-0.39, 0.29) is 11.7 Å². The van der Waals surface area contributed by atoms with E-state index >= 15 is 0 Å². The Balaban J connectivity index is 1.57. The Labute approximate surface area is 136 Å². The van der Waals surface area contributed by atoms with Crippen molar-refractivity contribution in [3.8, 4) is 0 Å². The first-order valence-electron chi connectivity index (χ1n) is 7.93. The van der Waals surface area contributed by atoms with Gasteiger partial charge in [0.1, 0.15) is 6.54 Å². The van der Waals surface area contributed by atoms with Crippen LogP contribution in [0.25, 0.3) is 0 Å². The van der Waals surface area contributed by atoms with Gasteiger partial charge in [0.05, 0.1) is 6.54 Å². The summed E-state index contributed by atoms with van der Waals surface area (Å²) in [5, 5.41) is 2.91. The fourth-order valence-electron chi connectivity index (χ4n) is 3.01. The molecule has 1 unspecified atom stereocenters. The molecule has 2 aromatic rings. The number of rotatable bonds is 4. The fourth-order valence-corrected chi connectivity index (χ4v) is 3.01. The average Bonchev–Trinajstić information content (AvgIpc) is 2.55. The van der Waals surface area contributed by atoms with Crippen LogP contribution in [0.15, 0.2) is 48.5 Å². The van der Waals surface area contributed by atoms with Crippen molar-refractivity contribution in [1.29, 1.82) is 0 Å². The Hall–Kier alpha value is -2.46. The lowest BCUT2D eigenvalue weighted by molar-refractivity contribution is -0.907. The number of hydrogen-bond donors (Lipinski definition) is 2. The number of ketones is 1. The van der Waals surface area contributed by atoms with Crippen molar-refractivity contribution in [2.45, 2.75) is 19.9 Å². The fraction of sp³-hybridized carbons (Fsp3) is 0.263. The number of amides is 1. The third kappa shape index (κ3) is 3.85. The van der Waals surface area contributed by atoms with Crippen LogP contribution in [0.1, 0.15) is 28.4 Å². The SMILES string of the molecule is CC(=O)c1ccc(NC(=O)C[NH+]2CCc3ccccc3C2)cc1. The maximum absolute atomic E-state index is 12.2. The molecule has 0 bridgehead atoms. The van der Waals surface area contributed by atoms with E-state index in [9.17, 15) is 9.59 Å². The molecule has 0 radical (unpaired) electrons. The molecule has 1 heterocycles. The van der Waals surface area contributed by atoms with Crippen LogP contribution in [0, 0.1) is 0 Å². The zero-order chi connectivity index (χ0) is 16.2. The van der Waals surface area contributed by atoms with E-state index < -0.39 is 0 Å². The van der Waals surface area contributed by atoms with Crippen LogP contribution in [0.4, 0.5) is 5.69 Å². The summed E-state index contributed by atoms with van der Waals surface area (Å²) in [6.45, 7) is 3.87. The first kappa shape index (κ1) is 15.4. The highest BCUT2D eigenvalue weighted by Crippen LogP contribution is 2.11. The van der Waals surface area contributed by atoms with Crippen molar-refractivity contribution in [3.63, 3.8) is 0 Å². The van der Waals surface area contributed by atoms with Crippen LogP contribution in [0.3, 0.4) is 0 Å². The van der Waals surface area contributed by atoms with Gasteiger partial charge in [0.25, 0.3) is 5.91 Å². The van der Waals surface area contributed by atoms with E-state index in [1.54, 1.807) is 24.3 Å². The van der Waals surface area contributed by atoms with E-state index in [4.69, 9.17) is 0 Å². The minimum atomic E-state index is 0.00922. The second-order valence-electron chi connectivity index (χ2n) is 6.05. The van der Waals surface area contributed by atoms with Crippen molar-refractivity contribution in [3.05, 3.63) is 65.2 Å². The molecule has 3 rings (SSSR count). The zero-order valence-electron chi connectivity index (χ0n) is 13.3. The average molecular weight is 309 g/mol. The predicted octanol–water partition coefficient (Wildman–Crippen LogP) is 1.47. The summed E-state index contributed by atoms with van der Waals surface area (Å²) in [5.74, 6) is 0.0364. The molecular weight excluding hydrogens is 288 g/mol. The van der Waals surface area contributed by atoms with Crippen LogP contribution in [0.2, 0.25) is 0 Å². The third-order valence-corrected chi connectivity index (χ3v) is 4.29.